The van der Waals surface area contributed by atoms with Gasteiger partial charge in [0.15, 0.2) is 0 Å². The predicted octanol–water partition coefficient (Wildman–Crippen LogP) is 4.37. The molecular formula is C22H25FN4O2. The van der Waals surface area contributed by atoms with Crippen LogP contribution in [0.3, 0.4) is 0 Å². The van der Waals surface area contributed by atoms with E-state index in [-0.39, 0.29) is 11.4 Å². The first-order valence-electron chi connectivity index (χ1n) is 9.27. The maximum atomic E-state index is 13.0. The Kier molecular flexibility index (Phi) is 7.68. The van der Waals surface area contributed by atoms with Gasteiger partial charge >= 0.3 is 5.97 Å². The zero-order chi connectivity index (χ0) is 21.4. The molecule has 0 aliphatic heterocycles. The number of rotatable bonds is 7. The minimum Gasteiger partial charge on any atom is -0.478 e. The van der Waals surface area contributed by atoms with Crippen molar-refractivity contribution in [2.45, 2.75) is 26.4 Å². The first kappa shape index (κ1) is 21.8. The number of carboxylic acids is 1. The normalized spacial score (nSPS) is 11.2. The summed E-state index contributed by atoms with van der Waals surface area (Å²) >= 11 is 0. The molecule has 1 heterocycles. The number of anilines is 1. The maximum absolute atomic E-state index is 13.0. The minimum absolute atomic E-state index is 0.142. The van der Waals surface area contributed by atoms with Crippen LogP contribution in [-0.2, 0) is 6.54 Å². The van der Waals surface area contributed by atoms with Crippen molar-refractivity contribution < 1.29 is 14.3 Å². The Bertz CT molecular complexity index is 967. The van der Waals surface area contributed by atoms with Crippen molar-refractivity contribution in [3.63, 3.8) is 0 Å². The Hall–Kier alpha value is -3.45. The standard InChI is InChI=1S/C20H19FN4O2.C2H6/c1-13(23-19-5-3-2-4-16(19)20(26)27)17(22)12-25-11-10-18(24-25)14-6-8-15(21)9-7-14;1-2/h2-11,17,23H,1,12,22H2,(H,26,27);1-2H3. The lowest BCUT2D eigenvalue weighted by Crippen LogP contribution is -2.31. The summed E-state index contributed by atoms with van der Waals surface area (Å²) in [6.07, 6.45) is 1.77. The van der Waals surface area contributed by atoms with E-state index in [0.717, 1.165) is 5.56 Å². The molecule has 6 nitrogen and oxygen atoms in total. The number of benzene rings is 2. The van der Waals surface area contributed by atoms with Gasteiger partial charge < -0.3 is 16.2 Å². The summed E-state index contributed by atoms with van der Waals surface area (Å²) in [6.45, 7) is 8.26. The summed E-state index contributed by atoms with van der Waals surface area (Å²) in [7, 11) is 0. The monoisotopic (exact) mass is 396 g/mol. The highest BCUT2D eigenvalue weighted by Gasteiger charge is 2.14. The topological polar surface area (TPSA) is 93.2 Å². The molecule has 0 aliphatic rings. The first-order chi connectivity index (χ1) is 13.9. The Morgan fingerprint density at radius 3 is 2.52 bits per heavy atom. The van der Waals surface area contributed by atoms with Crippen molar-refractivity contribution >= 4 is 11.7 Å². The number of aromatic nitrogens is 2. The molecule has 2 aromatic carbocycles. The molecule has 1 atom stereocenters. The number of hydrogen-bond donors (Lipinski definition) is 3. The molecule has 0 fully saturated rings. The molecule has 0 amide bonds. The molecule has 3 rings (SSSR count). The number of nitrogens with two attached hydrogens (primary N) is 1. The van der Waals surface area contributed by atoms with E-state index in [4.69, 9.17) is 5.73 Å². The predicted molar refractivity (Wildman–Crippen MR) is 113 cm³/mol. The molecule has 152 valence electrons. The van der Waals surface area contributed by atoms with Crippen molar-refractivity contribution in [2.75, 3.05) is 5.32 Å². The van der Waals surface area contributed by atoms with E-state index in [1.807, 2.05) is 19.9 Å². The van der Waals surface area contributed by atoms with Crippen molar-refractivity contribution in [3.05, 3.63) is 84.5 Å². The Labute approximate surface area is 169 Å². The highest BCUT2D eigenvalue weighted by molar-refractivity contribution is 5.94. The maximum Gasteiger partial charge on any atom is 0.337 e. The fourth-order valence-corrected chi connectivity index (χ4v) is 2.59. The van der Waals surface area contributed by atoms with E-state index in [2.05, 4.69) is 17.0 Å². The third-order valence-corrected chi connectivity index (χ3v) is 4.06. The Morgan fingerprint density at radius 1 is 1.21 bits per heavy atom. The van der Waals surface area contributed by atoms with E-state index < -0.39 is 12.0 Å². The van der Waals surface area contributed by atoms with Crippen LogP contribution in [-0.4, -0.2) is 26.9 Å². The van der Waals surface area contributed by atoms with Gasteiger partial charge in [-0.2, -0.15) is 5.10 Å². The van der Waals surface area contributed by atoms with Gasteiger partial charge in [-0.05, 0) is 42.5 Å². The SMILES string of the molecule is C=C(Nc1ccccc1C(=O)O)C(N)Cn1ccc(-c2ccc(F)cc2)n1.CC. The zero-order valence-electron chi connectivity index (χ0n) is 16.5. The highest BCUT2D eigenvalue weighted by Crippen LogP contribution is 2.19. The number of para-hydroxylation sites is 1. The van der Waals surface area contributed by atoms with Gasteiger partial charge in [0, 0.05) is 17.5 Å². The van der Waals surface area contributed by atoms with Crippen molar-refractivity contribution in [2.24, 2.45) is 5.73 Å². The fourth-order valence-electron chi connectivity index (χ4n) is 2.59. The van der Waals surface area contributed by atoms with Crippen LogP contribution in [0, 0.1) is 5.82 Å². The molecule has 3 aromatic rings. The molecule has 29 heavy (non-hydrogen) atoms. The van der Waals surface area contributed by atoms with Gasteiger partial charge in [-0.3, -0.25) is 4.68 Å². The molecule has 0 saturated heterocycles. The number of hydrogen-bond acceptors (Lipinski definition) is 4. The second-order valence-electron chi connectivity index (χ2n) is 6.04. The van der Waals surface area contributed by atoms with Gasteiger partial charge in [0.05, 0.1) is 29.5 Å². The summed E-state index contributed by atoms with van der Waals surface area (Å²) in [5.41, 5.74) is 8.72. The van der Waals surface area contributed by atoms with Crippen LogP contribution >= 0.6 is 0 Å². The van der Waals surface area contributed by atoms with Crippen molar-refractivity contribution in [1.82, 2.24) is 9.78 Å². The summed E-state index contributed by atoms with van der Waals surface area (Å²) in [5.74, 6) is -1.33. The van der Waals surface area contributed by atoms with Gasteiger partial charge in [0.25, 0.3) is 0 Å². The first-order valence-corrected chi connectivity index (χ1v) is 9.27. The van der Waals surface area contributed by atoms with Crippen LogP contribution in [0.5, 0.6) is 0 Å². The van der Waals surface area contributed by atoms with Crippen molar-refractivity contribution in [1.29, 1.82) is 0 Å². The molecule has 7 heteroatoms. The molecular weight excluding hydrogens is 371 g/mol. The molecule has 0 spiro atoms. The average molecular weight is 396 g/mol. The van der Waals surface area contributed by atoms with Crippen LogP contribution < -0.4 is 11.1 Å². The molecule has 0 radical (unpaired) electrons. The lowest BCUT2D eigenvalue weighted by molar-refractivity contribution is 0.0698. The van der Waals surface area contributed by atoms with E-state index in [1.165, 1.54) is 18.2 Å². The van der Waals surface area contributed by atoms with Crippen LogP contribution in [0.4, 0.5) is 10.1 Å². The summed E-state index contributed by atoms with van der Waals surface area (Å²) in [6, 6.07) is 13.9. The molecule has 1 aromatic heterocycles. The summed E-state index contributed by atoms with van der Waals surface area (Å²) in [5, 5.41) is 16.7. The third kappa shape index (κ3) is 5.76. The number of nitrogens with one attached hydrogen (secondary N) is 1. The van der Waals surface area contributed by atoms with E-state index in [1.54, 1.807) is 41.2 Å². The van der Waals surface area contributed by atoms with Gasteiger partial charge in [-0.1, -0.05) is 32.6 Å². The van der Waals surface area contributed by atoms with E-state index in [0.29, 0.717) is 23.6 Å². The lowest BCUT2D eigenvalue weighted by Gasteiger charge is -2.18. The second kappa shape index (κ2) is 10.2. The van der Waals surface area contributed by atoms with Gasteiger partial charge in [-0.15, -0.1) is 0 Å². The molecule has 0 aliphatic carbocycles. The second-order valence-corrected chi connectivity index (χ2v) is 6.04. The van der Waals surface area contributed by atoms with Crippen molar-refractivity contribution in [3.8, 4) is 11.3 Å². The third-order valence-electron chi connectivity index (χ3n) is 4.06. The summed E-state index contributed by atoms with van der Waals surface area (Å²) in [4.78, 5) is 11.3. The molecule has 0 saturated carbocycles. The van der Waals surface area contributed by atoms with Crippen LogP contribution in [0.15, 0.2) is 73.1 Å². The lowest BCUT2D eigenvalue weighted by atomic mass is 10.1. The minimum atomic E-state index is -1.03. The molecule has 4 N–H and O–H groups in total. The largest absolute Gasteiger partial charge is 0.478 e. The Morgan fingerprint density at radius 2 is 1.86 bits per heavy atom. The van der Waals surface area contributed by atoms with Gasteiger partial charge in [0.1, 0.15) is 5.82 Å². The molecule has 1 unspecified atom stereocenters. The average Bonchev–Trinajstić information content (AvgIpc) is 3.18. The number of carbonyl (C=O) groups is 1. The quantitative estimate of drug-likeness (QED) is 0.551. The summed E-state index contributed by atoms with van der Waals surface area (Å²) < 4.78 is 14.7. The van der Waals surface area contributed by atoms with Gasteiger partial charge in [-0.25, -0.2) is 9.18 Å². The Balaban J connectivity index is 0.00000145. The zero-order valence-corrected chi connectivity index (χ0v) is 16.5. The number of halogens is 1. The van der Waals surface area contributed by atoms with Gasteiger partial charge in [0.2, 0.25) is 0 Å². The highest BCUT2D eigenvalue weighted by atomic mass is 19.1. The number of aromatic carboxylic acids is 1. The molecule has 0 bridgehead atoms. The number of nitrogens with zero attached hydrogens (tertiary/aromatic N) is 2. The van der Waals surface area contributed by atoms with E-state index in [9.17, 15) is 14.3 Å². The van der Waals surface area contributed by atoms with Crippen LogP contribution in [0.2, 0.25) is 0 Å². The van der Waals surface area contributed by atoms with E-state index >= 15 is 0 Å². The number of carboxylic acid groups (broad SMARTS) is 1. The fraction of sp³-hybridized carbons (Fsp3) is 0.182. The smallest absolute Gasteiger partial charge is 0.337 e. The van der Waals surface area contributed by atoms with Crippen LogP contribution in [0.25, 0.3) is 11.3 Å². The van der Waals surface area contributed by atoms with Crippen LogP contribution in [0.1, 0.15) is 24.2 Å².